The van der Waals surface area contributed by atoms with Gasteiger partial charge in [0.2, 0.25) is 0 Å². The SMILES string of the molecule is CC(C)Oc1noc2c1C(CC(=O)OC(C)(C)C)CCCC2. The Morgan fingerprint density at radius 3 is 2.73 bits per heavy atom. The number of nitrogens with zero attached hydrogens (tertiary/aromatic N) is 1. The van der Waals surface area contributed by atoms with Gasteiger partial charge in [-0.25, -0.2) is 0 Å². The highest BCUT2D eigenvalue weighted by atomic mass is 16.6. The Kier molecular flexibility index (Phi) is 5.14. The third-order valence-corrected chi connectivity index (χ3v) is 3.56. The Morgan fingerprint density at radius 2 is 2.09 bits per heavy atom. The summed E-state index contributed by atoms with van der Waals surface area (Å²) in [5.41, 5.74) is 0.508. The van der Waals surface area contributed by atoms with Crippen LogP contribution in [0.2, 0.25) is 0 Å². The van der Waals surface area contributed by atoms with Gasteiger partial charge in [0.25, 0.3) is 5.88 Å². The van der Waals surface area contributed by atoms with Crippen molar-refractivity contribution in [2.45, 2.75) is 84.3 Å². The predicted octanol–water partition coefficient (Wildman–Crippen LogP) is 4.00. The zero-order valence-corrected chi connectivity index (χ0v) is 14.3. The van der Waals surface area contributed by atoms with Crippen molar-refractivity contribution in [2.24, 2.45) is 0 Å². The van der Waals surface area contributed by atoms with Crippen molar-refractivity contribution in [1.29, 1.82) is 0 Å². The molecule has 0 spiro atoms. The second kappa shape index (κ2) is 6.71. The number of hydrogen-bond donors (Lipinski definition) is 0. The number of aromatic nitrogens is 1. The number of esters is 1. The molecule has 0 N–H and O–H groups in total. The van der Waals surface area contributed by atoms with Gasteiger partial charge < -0.3 is 14.0 Å². The lowest BCUT2D eigenvalue weighted by molar-refractivity contribution is -0.155. The molecule has 0 aromatic carbocycles. The quantitative estimate of drug-likeness (QED) is 0.621. The molecular formula is C17H27NO4. The van der Waals surface area contributed by atoms with Crippen molar-refractivity contribution in [3.63, 3.8) is 0 Å². The topological polar surface area (TPSA) is 61.6 Å². The number of rotatable bonds is 4. The molecule has 1 aromatic heterocycles. The molecule has 0 radical (unpaired) electrons. The van der Waals surface area contributed by atoms with Crippen LogP contribution in [-0.2, 0) is 16.0 Å². The second-order valence-corrected chi connectivity index (χ2v) is 7.22. The van der Waals surface area contributed by atoms with E-state index in [9.17, 15) is 4.79 Å². The molecule has 1 atom stereocenters. The average Bonchev–Trinajstić information content (AvgIpc) is 2.61. The van der Waals surface area contributed by atoms with Crippen molar-refractivity contribution in [1.82, 2.24) is 5.16 Å². The van der Waals surface area contributed by atoms with Crippen molar-refractivity contribution < 1.29 is 18.8 Å². The van der Waals surface area contributed by atoms with Crippen LogP contribution in [0.1, 0.15) is 77.5 Å². The molecule has 1 aliphatic carbocycles. The largest absolute Gasteiger partial charge is 0.473 e. The van der Waals surface area contributed by atoms with Crippen LogP contribution in [0, 0.1) is 0 Å². The van der Waals surface area contributed by atoms with E-state index < -0.39 is 5.60 Å². The normalized spacial score (nSPS) is 18.7. The molecule has 124 valence electrons. The molecule has 0 saturated heterocycles. The summed E-state index contributed by atoms with van der Waals surface area (Å²) in [5, 5.41) is 4.06. The lowest BCUT2D eigenvalue weighted by Crippen LogP contribution is -2.25. The monoisotopic (exact) mass is 309 g/mol. The number of fused-ring (bicyclic) bond motifs is 1. The maximum atomic E-state index is 12.2. The van der Waals surface area contributed by atoms with E-state index in [2.05, 4.69) is 5.16 Å². The van der Waals surface area contributed by atoms with E-state index in [-0.39, 0.29) is 18.0 Å². The van der Waals surface area contributed by atoms with E-state index in [0.29, 0.717) is 12.3 Å². The number of hydrogen-bond acceptors (Lipinski definition) is 5. The van der Waals surface area contributed by atoms with Crippen LogP contribution < -0.4 is 4.74 Å². The molecule has 5 nitrogen and oxygen atoms in total. The summed E-state index contributed by atoms with van der Waals surface area (Å²) >= 11 is 0. The summed E-state index contributed by atoms with van der Waals surface area (Å²) in [5.74, 6) is 1.29. The summed E-state index contributed by atoms with van der Waals surface area (Å²) in [6, 6.07) is 0. The van der Waals surface area contributed by atoms with E-state index in [1.165, 1.54) is 0 Å². The summed E-state index contributed by atoms with van der Waals surface area (Å²) in [6.45, 7) is 9.57. The highest BCUT2D eigenvalue weighted by Gasteiger charge is 2.31. The van der Waals surface area contributed by atoms with Gasteiger partial charge in [0, 0.05) is 12.3 Å². The van der Waals surface area contributed by atoms with Gasteiger partial charge in [0.1, 0.15) is 11.4 Å². The Balaban J connectivity index is 2.19. The van der Waals surface area contributed by atoms with Gasteiger partial charge in [-0.15, -0.1) is 0 Å². The van der Waals surface area contributed by atoms with Gasteiger partial charge in [0.15, 0.2) is 0 Å². The Morgan fingerprint density at radius 1 is 1.36 bits per heavy atom. The van der Waals surface area contributed by atoms with Crippen molar-refractivity contribution in [3.05, 3.63) is 11.3 Å². The molecule has 1 aromatic rings. The highest BCUT2D eigenvalue weighted by molar-refractivity contribution is 5.71. The molecule has 0 amide bonds. The average molecular weight is 309 g/mol. The van der Waals surface area contributed by atoms with E-state index in [4.69, 9.17) is 14.0 Å². The molecule has 0 bridgehead atoms. The van der Waals surface area contributed by atoms with Crippen molar-refractivity contribution in [2.75, 3.05) is 0 Å². The van der Waals surface area contributed by atoms with Crippen LogP contribution in [0.4, 0.5) is 0 Å². The minimum absolute atomic E-state index is 0.0274. The van der Waals surface area contributed by atoms with Crippen LogP contribution >= 0.6 is 0 Å². The fourth-order valence-corrected chi connectivity index (χ4v) is 2.81. The van der Waals surface area contributed by atoms with Gasteiger partial charge in [-0.1, -0.05) is 6.42 Å². The van der Waals surface area contributed by atoms with Crippen LogP contribution in [0.3, 0.4) is 0 Å². The minimum atomic E-state index is -0.462. The van der Waals surface area contributed by atoms with Gasteiger partial charge in [-0.3, -0.25) is 4.79 Å². The Bertz CT molecular complexity index is 513. The lowest BCUT2D eigenvalue weighted by Gasteiger charge is -2.22. The van der Waals surface area contributed by atoms with E-state index >= 15 is 0 Å². The minimum Gasteiger partial charge on any atom is -0.473 e. The zero-order valence-electron chi connectivity index (χ0n) is 14.3. The smallest absolute Gasteiger partial charge is 0.306 e. The summed E-state index contributed by atoms with van der Waals surface area (Å²) in [7, 11) is 0. The maximum Gasteiger partial charge on any atom is 0.306 e. The standard InChI is InChI=1S/C17H27NO4/c1-11(2)20-16-15-12(10-14(19)21-17(3,4)5)8-6-7-9-13(15)22-18-16/h11-12H,6-10H2,1-5H3. The zero-order chi connectivity index (χ0) is 16.3. The number of carbonyl (C=O) groups is 1. The van der Waals surface area contributed by atoms with Gasteiger partial charge in [0.05, 0.1) is 18.1 Å². The molecule has 1 heterocycles. The van der Waals surface area contributed by atoms with E-state index in [1.54, 1.807) is 0 Å². The second-order valence-electron chi connectivity index (χ2n) is 7.22. The molecule has 2 rings (SSSR count). The van der Waals surface area contributed by atoms with E-state index in [1.807, 2.05) is 34.6 Å². The van der Waals surface area contributed by atoms with Crippen molar-refractivity contribution >= 4 is 5.97 Å². The summed E-state index contributed by atoms with van der Waals surface area (Å²) in [4.78, 5) is 12.2. The molecular weight excluding hydrogens is 282 g/mol. The molecule has 1 aliphatic rings. The van der Waals surface area contributed by atoms with Gasteiger partial charge in [-0.05, 0) is 52.6 Å². The van der Waals surface area contributed by atoms with Gasteiger partial charge in [-0.2, -0.15) is 0 Å². The Labute approximate surface area is 132 Å². The van der Waals surface area contributed by atoms with Crippen LogP contribution in [-0.4, -0.2) is 22.8 Å². The third kappa shape index (κ3) is 4.49. The molecule has 0 saturated carbocycles. The first kappa shape index (κ1) is 16.8. The molecule has 5 heteroatoms. The summed E-state index contributed by atoms with van der Waals surface area (Å²) < 4.78 is 16.7. The van der Waals surface area contributed by atoms with E-state index in [0.717, 1.165) is 37.0 Å². The molecule has 0 fully saturated rings. The van der Waals surface area contributed by atoms with Crippen molar-refractivity contribution in [3.8, 4) is 5.88 Å². The van der Waals surface area contributed by atoms with Gasteiger partial charge >= 0.3 is 5.97 Å². The first-order valence-corrected chi connectivity index (χ1v) is 8.13. The lowest BCUT2D eigenvalue weighted by atomic mass is 9.93. The van der Waals surface area contributed by atoms with Crippen LogP contribution in [0.15, 0.2) is 4.52 Å². The Hall–Kier alpha value is -1.52. The molecule has 22 heavy (non-hydrogen) atoms. The maximum absolute atomic E-state index is 12.2. The number of ether oxygens (including phenoxy) is 2. The first-order valence-electron chi connectivity index (χ1n) is 8.13. The fourth-order valence-electron chi connectivity index (χ4n) is 2.81. The number of carbonyl (C=O) groups excluding carboxylic acids is 1. The number of aryl methyl sites for hydroxylation is 1. The molecule has 0 aliphatic heterocycles. The predicted molar refractivity (Wildman–Crippen MR) is 83.0 cm³/mol. The first-order chi connectivity index (χ1) is 10.3. The molecule has 1 unspecified atom stereocenters. The highest BCUT2D eigenvalue weighted by Crippen LogP contribution is 2.39. The summed E-state index contributed by atoms with van der Waals surface area (Å²) in [6.07, 6.45) is 4.28. The van der Waals surface area contributed by atoms with Crippen LogP contribution in [0.25, 0.3) is 0 Å². The fraction of sp³-hybridized carbons (Fsp3) is 0.765. The third-order valence-electron chi connectivity index (χ3n) is 3.56. The van der Waals surface area contributed by atoms with Crippen LogP contribution in [0.5, 0.6) is 5.88 Å².